The molecule has 4 atom stereocenters. The summed E-state index contributed by atoms with van der Waals surface area (Å²) in [6.07, 6.45) is 0.0288. The van der Waals surface area contributed by atoms with Gasteiger partial charge in [0.2, 0.25) is 11.8 Å². The quantitative estimate of drug-likeness (QED) is 0.523. The second-order valence-corrected chi connectivity index (χ2v) is 11.4. The molecule has 2 aromatic heterocycles. The predicted molar refractivity (Wildman–Crippen MR) is 139 cm³/mol. The lowest BCUT2D eigenvalue weighted by atomic mass is 9.78. The van der Waals surface area contributed by atoms with Gasteiger partial charge in [-0.2, -0.15) is 4.98 Å². The Labute approximate surface area is 219 Å². The van der Waals surface area contributed by atoms with E-state index in [9.17, 15) is 14.7 Å². The van der Waals surface area contributed by atoms with Crippen LogP contribution in [0, 0.1) is 19.8 Å². The monoisotopic (exact) mass is 521 g/mol. The van der Waals surface area contributed by atoms with Crippen LogP contribution in [0.4, 0.5) is 0 Å². The molecule has 0 aliphatic carbocycles. The van der Waals surface area contributed by atoms with Crippen LogP contribution >= 0.6 is 11.3 Å². The number of carbonyl (C=O) groups is 2. The molecule has 2 amide bonds. The molecule has 0 radical (unpaired) electrons. The Morgan fingerprint density at radius 1 is 1.24 bits per heavy atom. The maximum absolute atomic E-state index is 13.7. The van der Waals surface area contributed by atoms with Crippen LogP contribution in [-0.2, 0) is 15.0 Å². The van der Waals surface area contributed by atoms with Gasteiger partial charge < -0.3 is 14.5 Å². The Kier molecular flexibility index (Phi) is 6.57. The van der Waals surface area contributed by atoms with Gasteiger partial charge in [0.05, 0.1) is 33.6 Å². The molecule has 2 aliphatic heterocycles. The number of likely N-dealkylation sites (tertiary alicyclic amines) is 1. The van der Waals surface area contributed by atoms with Gasteiger partial charge in [0.25, 0.3) is 5.91 Å². The number of benzene rings is 1. The molecular formula is C27H31N5O4S. The van der Waals surface area contributed by atoms with Crippen molar-refractivity contribution >= 4 is 28.9 Å². The standard InChI is InChI=1S/C27H31N5O4S/c1-14(2)22(24-29-16(4)31-36-24)25(34)32-12-19(33)10-21(32)20-11-27(5,26(35)30-20)18-8-6-17(7-9-18)23-15(3)28-13-37-23/h6-9,13-14,19,21-22,33H,10-12H2,1-5H3/t19-,21?,22?,27+/m1/s1. The zero-order valence-electron chi connectivity index (χ0n) is 21.6. The normalized spacial score (nSPS) is 24.7. The summed E-state index contributed by atoms with van der Waals surface area (Å²) in [5.41, 5.74) is 4.54. The molecule has 1 fully saturated rings. The highest BCUT2D eigenvalue weighted by atomic mass is 32.1. The van der Waals surface area contributed by atoms with E-state index >= 15 is 0 Å². The molecule has 0 bridgehead atoms. The van der Waals surface area contributed by atoms with Gasteiger partial charge in [-0.15, -0.1) is 11.3 Å². The first-order chi connectivity index (χ1) is 17.6. The van der Waals surface area contributed by atoms with Gasteiger partial charge in [-0.1, -0.05) is 43.3 Å². The van der Waals surface area contributed by atoms with Crippen LogP contribution in [0.25, 0.3) is 10.4 Å². The van der Waals surface area contributed by atoms with Gasteiger partial charge >= 0.3 is 0 Å². The molecule has 0 spiro atoms. The number of amides is 2. The van der Waals surface area contributed by atoms with Crippen molar-refractivity contribution < 1.29 is 19.2 Å². The number of aryl methyl sites for hydroxylation is 2. The predicted octanol–water partition coefficient (Wildman–Crippen LogP) is 3.84. The summed E-state index contributed by atoms with van der Waals surface area (Å²) in [6, 6.07) is 7.52. The minimum Gasteiger partial charge on any atom is -0.391 e. The van der Waals surface area contributed by atoms with Crippen molar-refractivity contribution in [3.63, 3.8) is 0 Å². The van der Waals surface area contributed by atoms with E-state index in [4.69, 9.17) is 4.52 Å². The van der Waals surface area contributed by atoms with Crippen molar-refractivity contribution in [2.24, 2.45) is 10.9 Å². The Bertz CT molecular complexity index is 1360. The average Bonchev–Trinajstić information content (AvgIpc) is 3.62. The number of β-amino-alcohol motifs (C(OH)–C–C–N with tert-alkyl or cyclic N) is 1. The Morgan fingerprint density at radius 2 is 1.97 bits per heavy atom. The van der Waals surface area contributed by atoms with Crippen LogP contribution in [0.5, 0.6) is 0 Å². The Morgan fingerprint density at radius 3 is 2.57 bits per heavy atom. The molecular weight excluding hydrogens is 490 g/mol. The summed E-state index contributed by atoms with van der Waals surface area (Å²) in [6.45, 7) is 9.61. The molecule has 3 aromatic rings. The smallest absolute Gasteiger partial charge is 0.256 e. The van der Waals surface area contributed by atoms with Crippen molar-refractivity contribution in [2.75, 3.05) is 6.54 Å². The summed E-state index contributed by atoms with van der Waals surface area (Å²) in [5.74, 6) is -0.434. The summed E-state index contributed by atoms with van der Waals surface area (Å²) in [5, 5.41) is 14.4. The third-order valence-corrected chi connectivity index (χ3v) is 8.45. The van der Waals surface area contributed by atoms with Gasteiger partial charge in [0, 0.05) is 25.1 Å². The molecule has 194 valence electrons. The number of rotatable bonds is 6. The zero-order valence-corrected chi connectivity index (χ0v) is 22.5. The number of hydrogen-bond acceptors (Lipinski definition) is 8. The minimum absolute atomic E-state index is 0.0937. The molecule has 4 heterocycles. The van der Waals surface area contributed by atoms with E-state index in [0.717, 1.165) is 21.7 Å². The first kappa shape index (κ1) is 25.4. The number of aromatic nitrogens is 3. The first-order valence-electron chi connectivity index (χ1n) is 12.5. The Balaban J connectivity index is 1.39. The minimum atomic E-state index is -0.833. The second-order valence-electron chi connectivity index (χ2n) is 10.6. The number of carbonyl (C=O) groups excluding carboxylic acids is 2. The second kappa shape index (κ2) is 9.57. The van der Waals surface area contributed by atoms with Gasteiger partial charge in [0.1, 0.15) is 5.92 Å². The fraction of sp³-hybridized carbons (Fsp3) is 0.481. The SMILES string of the molecule is Cc1noc(C(C(=O)N2C[C@H](O)CC2C2=NC(=O)[C@](C)(c3ccc(-c4scnc4C)cc3)C2)C(C)C)n1. The molecule has 10 heteroatoms. The fourth-order valence-corrected chi connectivity index (χ4v) is 6.20. The van der Waals surface area contributed by atoms with Crippen molar-refractivity contribution in [1.82, 2.24) is 20.0 Å². The van der Waals surface area contributed by atoms with Gasteiger partial charge in [-0.05, 0) is 37.8 Å². The van der Waals surface area contributed by atoms with Gasteiger partial charge in [-0.3, -0.25) is 9.59 Å². The number of aliphatic hydroxyl groups excluding tert-OH is 1. The van der Waals surface area contributed by atoms with E-state index in [-0.39, 0.29) is 30.2 Å². The first-order valence-corrected chi connectivity index (χ1v) is 13.4. The lowest BCUT2D eigenvalue weighted by molar-refractivity contribution is -0.134. The third-order valence-electron chi connectivity index (χ3n) is 7.47. The molecule has 1 N–H and O–H groups in total. The average molecular weight is 522 g/mol. The molecule has 5 rings (SSSR count). The van der Waals surface area contributed by atoms with Crippen LogP contribution in [0.15, 0.2) is 39.3 Å². The third kappa shape index (κ3) is 4.53. The van der Waals surface area contributed by atoms with E-state index in [1.165, 1.54) is 0 Å². The fourth-order valence-electron chi connectivity index (χ4n) is 5.38. The van der Waals surface area contributed by atoms with Crippen LogP contribution in [0.1, 0.15) is 62.5 Å². The molecule has 0 saturated carbocycles. The summed E-state index contributed by atoms with van der Waals surface area (Å²) in [7, 11) is 0. The van der Waals surface area contributed by atoms with Crippen molar-refractivity contribution in [1.29, 1.82) is 0 Å². The molecule has 2 aliphatic rings. The van der Waals surface area contributed by atoms with Crippen LogP contribution in [0.3, 0.4) is 0 Å². The topological polar surface area (TPSA) is 122 Å². The molecule has 9 nitrogen and oxygen atoms in total. The molecule has 2 unspecified atom stereocenters. The van der Waals surface area contributed by atoms with Gasteiger partial charge in [-0.25, -0.2) is 9.98 Å². The Hall–Kier alpha value is -3.24. The maximum Gasteiger partial charge on any atom is 0.256 e. The maximum atomic E-state index is 13.7. The number of aliphatic hydroxyl groups is 1. The number of thiazole rings is 1. The van der Waals surface area contributed by atoms with Crippen LogP contribution in [0.2, 0.25) is 0 Å². The lowest BCUT2D eigenvalue weighted by Gasteiger charge is -2.30. The number of hydrogen-bond donors (Lipinski definition) is 1. The van der Waals surface area contributed by atoms with E-state index in [1.54, 1.807) is 23.2 Å². The number of aliphatic imine (C=N–C) groups is 1. The van der Waals surface area contributed by atoms with Gasteiger partial charge in [0.15, 0.2) is 5.82 Å². The van der Waals surface area contributed by atoms with Crippen molar-refractivity contribution in [3.8, 4) is 10.4 Å². The van der Waals surface area contributed by atoms with E-state index < -0.39 is 23.5 Å². The highest BCUT2D eigenvalue weighted by Crippen LogP contribution is 2.39. The highest BCUT2D eigenvalue weighted by molar-refractivity contribution is 7.13. The molecule has 37 heavy (non-hydrogen) atoms. The van der Waals surface area contributed by atoms with Crippen LogP contribution < -0.4 is 0 Å². The van der Waals surface area contributed by atoms with E-state index in [2.05, 4.69) is 20.1 Å². The summed E-state index contributed by atoms with van der Waals surface area (Å²) < 4.78 is 5.35. The van der Waals surface area contributed by atoms with E-state index in [1.807, 2.05) is 57.5 Å². The van der Waals surface area contributed by atoms with Crippen LogP contribution in [-0.4, -0.2) is 61.3 Å². The van der Waals surface area contributed by atoms with Crippen molar-refractivity contribution in [2.45, 2.75) is 70.9 Å². The number of nitrogens with zero attached hydrogens (tertiary/aromatic N) is 5. The van der Waals surface area contributed by atoms with Crippen molar-refractivity contribution in [3.05, 3.63) is 52.7 Å². The molecule has 1 aromatic carbocycles. The molecule has 1 saturated heterocycles. The zero-order chi connectivity index (χ0) is 26.5. The highest BCUT2D eigenvalue weighted by Gasteiger charge is 2.48. The summed E-state index contributed by atoms with van der Waals surface area (Å²) >= 11 is 1.59. The largest absolute Gasteiger partial charge is 0.391 e. The summed E-state index contributed by atoms with van der Waals surface area (Å²) in [4.78, 5) is 42.8. The lowest BCUT2D eigenvalue weighted by Crippen LogP contribution is -2.44. The van der Waals surface area contributed by atoms with E-state index in [0.29, 0.717) is 24.4 Å².